The molecule has 101 heavy (non-hydrogen) atoms. The third-order valence-corrected chi connectivity index (χ3v) is 21.8. The number of furan rings is 1. The molecule has 2 heterocycles. The van der Waals surface area contributed by atoms with Gasteiger partial charge in [-0.1, -0.05) is 283 Å². The highest BCUT2D eigenvalue weighted by molar-refractivity contribution is 7.26. The first-order chi connectivity index (χ1) is 49.5. The molecular formula is C97H72N2OS. The number of hydrogen-bond donors (Lipinski definition) is 0. The van der Waals surface area contributed by atoms with E-state index in [1.165, 1.54) is 97.0 Å². The highest BCUT2D eigenvalue weighted by Crippen LogP contribution is 2.50. The zero-order valence-corrected chi connectivity index (χ0v) is 57.9. The average molecular weight is 1310 g/mol. The van der Waals surface area contributed by atoms with Crippen LogP contribution in [0.2, 0.25) is 0 Å². The Morgan fingerprint density at radius 2 is 0.802 bits per heavy atom. The minimum Gasteiger partial charge on any atom is -0.455 e. The summed E-state index contributed by atoms with van der Waals surface area (Å²) in [6.07, 6.45) is 0. The SMILES string of the molecule is CC(C)c1cccc2c1sc1ccc(-c3cc(-c4ccc5c(-c6ccc(N(c7ccc(-c8cccc9ccccc89)cc7)c7ccc(C(C)(C)C)cc7-c7cccc8c7oc7ccccc78)cc6)cccc5c4)ccc3N(c3ccc(-c4ccccc4)cc3)c3cccc4ccccc34)cc12. The van der Waals surface area contributed by atoms with Gasteiger partial charge < -0.3 is 14.2 Å². The van der Waals surface area contributed by atoms with E-state index in [4.69, 9.17) is 4.42 Å². The minimum absolute atomic E-state index is 0.111. The molecule has 0 bridgehead atoms. The molecule has 0 aliphatic carbocycles. The lowest BCUT2D eigenvalue weighted by molar-refractivity contribution is 0.590. The number of thiophene rings is 1. The first kappa shape index (κ1) is 61.3. The summed E-state index contributed by atoms with van der Waals surface area (Å²) < 4.78 is 9.51. The number of hydrogen-bond acceptors (Lipinski definition) is 4. The van der Waals surface area contributed by atoms with Crippen molar-refractivity contribution in [2.75, 3.05) is 9.80 Å². The van der Waals surface area contributed by atoms with Crippen molar-refractivity contribution < 1.29 is 4.42 Å². The smallest absolute Gasteiger partial charge is 0.143 e. The molecule has 0 radical (unpaired) electrons. The van der Waals surface area contributed by atoms with Gasteiger partial charge in [0.05, 0.1) is 17.1 Å². The normalized spacial score (nSPS) is 11.9. The number of rotatable bonds is 13. The van der Waals surface area contributed by atoms with Crippen LogP contribution in [0.4, 0.5) is 34.1 Å². The summed E-state index contributed by atoms with van der Waals surface area (Å²) in [6, 6.07) is 126. The van der Waals surface area contributed by atoms with Gasteiger partial charge in [-0.25, -0.2) is 0 Å². The van der Waals surface area contributed by atoms with E-state index in [1.54, 1.807) is 0 Å². The van der Waals surface area contributed by atoms with Crippen molar-refractivity contribution >= 4 is 120 Å². The molecule has 0 N–H and O–H groups in total. The van der Waals surface area contributed by atoms with Gasteiger partial charge in [-0.05, 0) is 190 Å². The van der Waals surface area contributed by atoms with E-state index >= 15 is 0 Å². The van der Waals surface area contributed by atoms with Crippen LogP contribution in [0, 0.1) is 0 Å². The highest BCUT2D eigenvalue weighted by Gasteiger charge is 2.26. The lowest BCUT2D eigenvalue weighted by atomic mass is 9.84. The predicted octanol–water partition coefficient (Wildman–Crippen LogP) is 28.8. The topological polar surface area (TPSA) is 19.6 Å². The first-order valence-corrected chi connectivity index (χ1v) is 35.9. The van der Waals surface area contributed by atoms with Crippen LogP contribution in [0.3, 0.4) is 0 Å². The number of para-hydroxylation sites is 2. The van der Waals surface area contributed by atoms with Crippen molar-refractivity contribution in [3.05, 3.63) is 351 Å². The molecule has 0 spiro atoms. The number of anilines is 6. The van der Waals surface area contributed by atoms with Gasteiger partial charge in [0.15, 0.2) is 0 Å². The van der Waals surface area contributed by atoms with E-state index in [9.17, 15) is 0 Å². The second-order valence-corrected chi connectivity index (χ2v) is 29.2. The lowest BCUT2D eigenvalue weighted by Crippen LogP contribution is -2.14. The van der Waals surface area contributed by atoms with E-state index < -0.39 is 0 Å². The maximum atomic E-state index is 6.85. The summed E-state index contributed by atoms with van der Waals surface area (Å²) >= 11 is 1.91. The summed E-state index contributed by atoms with van der Waals surface area (Å²) in [5, 5.41) is 12.0. The molecule has 2 aromatic heterocycles. The molecule has 3 nitrogen and oxygen atoms in total. The third kappa shape index (κ3) is 11.0. The molecule has 18 aromatic rings. The van der Waals surface area contributed by atoms with Crippen LogP contribution >= 0.6 is 11.3 Å². The van der Waals surface area contributed by atoms with Gasteiger partial charge >= 0.3 is 0 Å². The van der Waals surface area contributed by atoms with Crippen molar-refractivity contribution in [3.8, 4) is 66.8 Å². The van der Waals surface area contributed by atoms with Crippen LogP contribution in [0.1, 0.15) is 51.7 Å². The van der Waals surface area contributed by atoms with Crippen molar-refractivity contribution in [2.24, 2.45) is 0 Å². The molecule has 0 amide bonds. The van der Waals surface area contributed by atoms with Crippen LogP contribution in [-0.4, -0.2) is 0 Å². The standard InChI is InChI=1S/C97H72N2OS/c1-62(2)77-30-18-35-86-89-60-72(46-57-94(89)101-96(77)86)87-59-70(45-55-91(87)99(90-36-17-25-66-23-10-12-28-82(66)90)76-48-38-64(39-49-76)63-20-7-6-8-21-63)69-44-54-81-71(58-69)26-16-32-80(81)68-42-52-75(53-43-68)98(74-50-40-67(41-51-74)79-31-15-24-65-22-9-11-27-78(65)79)92-56-47-73(97(3,4)5)61-88(92)85-34-19-33-84-83-29-13-14-37-93(83)100-95(84)85/h6-62H,1-5H3. The molecule has 0 saturated heterocycles. The zero-order valence-electron chi connectivity index (χ0n) is 57.1. The van der Waals surface area contributed by atoms with Crippen molar-refractivity contribution in [1.29, 1.82) is 0 Å². The highest BCUT2D eigenvalue weighted by atomic mass is 32.1. The summed E-state index contributed by atoms with van der Waals surface area (Å²) in [7, 11) is 0. The Labute approximate surface area is 593 Å². The molecule has 0 aliphatic rings. The van der Waals surface area contributed by atoms with Gasteiger partial charge in [-0.3, -0.25) is 0 Å². The van der Waals surface area contributed by atoms with Gasteiger partial charge in [0.25, 0.3) is 0 Å². The van der Waals surface area contributed by atoms with Gasteiger partial charge in [0.1, 0.15) is 11.2 Å². The fourth-order valence-electron chi connectivity index (χ4n) is 15.4. The molecule has 0 aliphatic heterocycles. The molecule has 0 unspecified atom stereocenters. The molecule has 0 fully saturated rings. The Kier molecular flexibility index (Phi) is 15.2. The summed E-state index contributed by atoms with van der Waals surface area (Å²) in [5.74, 6) is 0.415. The van der Waals surface area contributed by atoms with E-state index in [0.717, 1.165) is 89.4 Å². The molecule has 16 aromatic carbocycles. The van der Waals surface area contributed by atoms with Crippen LogP contribution in [0.25, 0.3) is 141 Å². The molecule has 0 atom stereocenters. The van der Waals surface area contributed by atoms with Crippen molar-refractivity contribution in [3.63, 3.8) is 0 Å². The van der Waals surface area contributed by atoms with Crippen molar-refractivity contribution in [2.45, 2.75) is 46.0 Å². The molecule has 482 valence electrons. The van der Waals surface area contributed by atoms with Gasteiger partial charge in [0, 0.05) is 70.1 Å². The van der Waals surface area contributed by atoms with Gasteiger partial charge in [-0.15, -0.1) is 11.3 Å². The molecule has 0 saturated carbocycles. The maximum absolute atomic E-state index is 6.85. The Balaban J connectivity index is 0.762. The molecular weight excluding hydrogens is 1240 g/mol. The number of fused-ring (bicyclic) bond motifs is 9. The monoisotopic (exact) mass is 1310 g/mol. The summed E-state index contributed by atoms with van der Waals surface area (Å²) in [5.41, 5.74) is 24.6. The number of benzene rings is 16. The average Bonchev–Trinajstić information content (AvgIpc) is 1.74. The summed E-state index contributed by atoms with van der Waals surface area (Å²) in [6.45, 7) is 11.5. The molecule has 4 heteroatoms. The lowest BCUT2D eigenvalue weighted by Gasteiger charge is -2.30. The summed E-state index contributed by atoms with van der Waals surface area (Å²) in [4.78, 5) is 4.91. The minimum atomic E-state index is -0.111. The first-order valence-electron chi connectivity index (χ1n) is 35.1. The van der Waals surface area contributed by atoms with Gasteiger partial charge in [-0.2, -0.15) is 0 Å². The van der Waals surface area contributed by atoms with E-state index in [-0.39, 0.29) is 5.41 Å². The Morgan fingerprint density at radius 3 is 1.52 bits per heavy atom. The van der Waals surface area contributed by atoms with E-state index in [0.29, 0.717) is 5.92 Å². The largest absolute Gasteiger partial charge is 0.455 e. The maximum Gasteiger partial charge on any atom is 0.143 e. The fraction of sp³-hybridized carbons (Fsp3) is 0.0722. The van der Waals surface area contributed by atoms with Crippen LogP contribution in [0.5, 0.6) is 0 Å². The zero-order chi connectivity index (χ0) is 67.9. The van der Waals surface area contributed by atoms with Crippen LogP contribution in [-0.2, 0) is 5.41 Å². The predicted molar refractivity (Wildman–Crippen MR) is 434 cm³/mol. The second kappa shape index (κ2) is 25.0. The molecule has 18 rings (SSSR count). The van der Waals surface area contributed by atoms with E-state index in [1.807, 2.05) is 11.3 Å². The number of nitrogens with zero attached hydrogens (tertiary/aromatic N) is 2. The van der Waals surface area contributed by atoms with Crippen LogP contribution in [0.15, 0.2) is 344 Å². The van der Waals surface area contributed by atoms with E-state index in [2.05, 4.69) is 384 Å². The van der Waals surface area contributed by atoms with Gasteiger partial charge in [0.2, 0.25) is 0 Å². The van der Waals surface area contributed by atoms with Crippen molar-refractivity contribution in [1.82, 2.24) is 0 Å². The fourth-order valence-corrected chi connectivity index (χ4v) is 16.7. The van der Waals surface area contributed by atoms with Crippen LogP contribution < -0.4 is 9.80 Å². The Morgan fingerprint density at radius 1 is 0.297 bits per heavy atom. The Hall–Kier alpha value is -12.1. The quantitative estimate of drug-likeness (QED) is 0.115. The third-order valence-electron chi connectivity index (χ3n) is 20.6. The second-order valence-electron chi connectivity index (χ2n) is 28.1. The Bertz CT molecular complexity index is 6200.